The molecule has 134 valence electrons. The maximum absolute atomic E-state index is 12.9. The van der Waals surface area contributed by atoms with Crippen LogP contribution in [0.3, 0.4) is 0 Å². The van der Waals surface area contributed by atoms with Gasteiger partial charge in [0.1, 0.15) is 10.7 Å². The fourth-order valence-corrected chi connectivity index (χ4v) is 3.76. The van der Waals surface area contributed by atoms with E-state index < -0.39 is 21.7 Å². The Morgan fingerprint density at radius 2 is 1.81 bits per heavy atom. The molecule has 26 heavy (non-hydrogen) atoms. The number of nitrogens with one attached hydrogen (secondary N) is 1. The second kappa shape index (κ2) is 7.19. The van der Waals surface area contributed by atoms with Crippen molar-refractivity contribution in [1.29, 1.82) is 0 Å². The van der Waals surface area contributed by atoms with Gasteiger partial charge >= 0.3 is 0 Å². The molecule has 0 saturated carbocycles. The van der Waals surface area contributed by atoms with E-state index in [-0.39, 0.29) is 11.4 Å². The summed E-state index contributed by atoms with van der Waals surface area (Å²) in [6.45, 7) is -0.386. The number of rotatable bonds is 5. The highest BCUT2D eigenvalue weighted by molar-refractivity contribution is 7.89. The first-order chi connectivity index (χ1) is 12.4. The normalized spacial score (nSPS) is 11.7. The van der Waals surface area contributed by atoms with Crippen molar-refractivity contribution in [3.05, 3.63) is 66.6 Å². The minimum absolute atomic E-state index is 0.0349. The van der Waals surface area contributed by atoms with Gasteiger partial charge in [0, 0.05) is 24.3 Å². The molecule has 0 spiro atoms. The van der Waals surface area contributed by atoms with Crippen LogP contribution >= 0.6 is 0 Å². The van der Waals surface area contributed by atoms with Crippen LogP contribution in [0.2, 0.25) is 0 Å². The van der Waals surface area contributed by atoms with Gasteiger partial charge in [-0.3, -0.25) is 9.78 Å². The summed E-state index contributed by atoms with van der Waals surface area (Å²) in [7, 11) is -2.59. The van der Waals surface area contributed by atoms with Gasteiger partial charge in [-0.1, -0.05) is 18.2 Å². The zero-order valence-corrected chi connectivity index (χ0v) is 14.7. The fraction of sp³-hybridized carbons (Fsp3) is 0.111. The lowest BCUT2D eigenvalue weighted by molar-refractivity contribution is -0.116. The number of para-hydroxylation sites is 1. The Labute approximate surface area is 150 Å². The predicted molar refractivity (Wildman–Crippen MR) is 96.6 cm³/mol. The Morgan fingerprint density at radius 3 is 2.54 bits per heavy atom. The molecule has 2 aromatic carbocycles. The lowest BCUT2D eigenvalue weighted by Crippen LogP contribution is -2.35. The highest BCUT2D eigenvalue weighted by Gasteiger charge is 2.25. The summed E-state index contributed by atoms with van der Waals surface area (Å²) in [4.78, 5) is 16.3. The lowest BCUT2D eigenvalue weighted by Gasteiger charge is -2.17. The third kappa shape index (κ3) is 3.71. The number of nitrogens with zero attached hydrogens (tertiary/aromatic N) is 2. The number of fused-ring (bicyclic) bond motifs is 1. The number of halogens is 1. The summed E-state index contributed by atoms with van der Waals surface area (Å²) >= 11 is 0. The molecule has 1 heterocycles. The Hall–Kier alpha value is -2.84. The van der Waals surface area contributed by atoms with Crippen molar-refractivity contribution >= 4 is 32.5 Å². The number of carbonyl (C=O) groups is 1. The van der Waals surface area contributed by atoms with Crippen molar-refractivity contribution in [1.82, 2.24) is 9.29 Å². The van der Waals surface area contributed by atoms with E-state index in [0.717, 1.165) is 4.31 Å². The van der Waals surface area contributed by atoms with Gasteiger partial charge in [-0.15, -0.1) is 0 Å². The third-order valence-electron chi connectivity index (χ3n) is 3.78. The van der Waals surface area contributed by atoms with E-state index in [0.29, 0.717) is 16.6 Å². The van der Waals surface area contributed by atoms with Crippen LogP contribution in [0.15, 0.2) is 65.7 Å². The number of hydrogen-bond acceptors (Lipinski definition) is 4. The number of likely N-dealkylation sites (N-methyl/N-ethyl adjacent to an activating group) is 1. The number of pyridine rings is 1. The van der Waals surface area contributed by atoms with Crippen LogP contribution in [-0.2, 0) is 14.8 Å². The zero-order valence-electron chi connectivity index (χ0n) is 13.9. The van der Waals surface area contributed by atoms with E-state index in [1.54, 1.807) is 24.3 Å². The second-order valence-corrected chi connectivity index (χ2v) is 7.66. The standard InChI is InChI=1S/C18H16FN3O3S/c1-22(12-17(23)21-15-9-7-14(19)8-10-15)26(24,25)16-6-2-4-13-5-3-11-20-18(13)16/h2-11H,12H2,1H3,(H,21,23). The molecule has 0 aliphatic carbocycles. The first kappa shape index (κ1) is 18.0. The number of amides is 1. The van der Waals surface area contributed by atoms with Crippen molar-refractivity contribution in [2.45, 2.75) is 4.90 Å². The maximum Gasteiger partial charge on any atom is 0.245 e. The van der Waals surface area contributed by atoms with E-state index in [9.17, 15) is 17.6 Å². The molecule has 0 atom stereocenters. The smallest absolute Gasteiger partial charge is 0.245 e. The van der Waals surface area contributed by atoms with Crippen LogP contribution in [-0.4, -0.2) is 37.2 Å². The Balaban J connectivity index is 1.80. The number of sulfonamides is 1. The summed E-state index contributed by atoms with van der Waals surface area (Å²) in [6, 6.07) is 13.6. The molecule has 0 aliphatic heterocycles. The number of carbonyl (C=O) groups excluding carboxylic acids is 1. The van der Waals surface area contributed by atoms with Crippen LogP contribution in [0.1, 0.15) is 0 Å². The molecule has 0 aliphatic rings. The topological polar surface area (TPSA) is 79.4 Å². The molecule has 0 bridgehead atoms. The molecule has 1 N–H and O–H groups in total. The number of anilines is 1. The van der Waals surface area contributed by atoms with E-state index in [4.69, 9.17) is 0 Å². The van der Waals surface area contributed by atoms with Crippen LogP contribution in [0, 0.1) is 5.82 Å². The molecule has 0 unspecified atom stereocenters. The highest BCUT2D eigenvalue weighted by atomic mass is 32.2. The minimum atomic E-state index is -3.91. The fourth-order valence-electron chi connectivity index (χ4n) is 2.47. The van der Waals surface area contributed by atoms with Crippen molar-refractivity contribution in [2.75, 3.05) is 18.9 Å². The molecule has 0 saturated heterocycles. The van der Waals surface area contributed by atoms with Gasteiger partial charge < -0.3 is 5.32 Å². The maximum atomic E-state index is 12.9. The predicted octanol–water partition coefficient (Wildman–Crippen LogP) is 2.63. The van der Waals surface area contributed by atoms with E-state index >= 15 is 0 Å². The van der Waals surface area contributed by atoms with Crippen molar-refractivity contribution in [3.63, 3.8) is 0 Å². The van der Waals surface area contributed by atoms with Gasteiger partial charge in [-0.2, -0.15) is 4.31 Å². The van der Waals surface area contributed by atoms with Crippen molar-refractivity contribution in [3.8, 4) is 0 Å². The monoisotopic (exact) mass is 373 g/mol. The zero-order chi connectivity index (χ0) is 18.7. The van der Waals surface area contributed by atoms with E-state index in [1.807, 2.05) is 0 Å². The SMILES string of the molecule is CN(CC(=O)Nc1ccc(F)cc1)S(=O)(=O)c1cccc2cccnc12. The lowest BCUT2D eigenvalue weighted by atomic mass is 10.2. The average Bonchev–Trinajstić information content (AvgIpc) is 2.63. The largest absolute Gasteiger partial charge is 0.325 e. The number of benzene rings is 2. The second-order valence-electron chi connectivity index (χ2n) is 5.65. The molecule has 3 rings (SSSR count). The number of aromatic nitrogens is 1. The molecular formula is C18H16FN3O3S. The van der Waals surface area contributed by atoms with Crippen molar-refractivity contribution < 1.29 is 17.6 Å². The Kier molecular flexibility index (Phi) is 4.97. The van der Waals surface area contributed by atoms with Crippen LogP contribution < -0.4 is 5.32 Å². The minimum Gasteiger partial charge on any atom is -0.325 e. The van der Waals surface area contributed by atoms with E-state index in [1.165, 1.54) is 43.6 Å². The highest BCUT2D eigenvalue weighted by Crippen LogP contribution is 2.23. The van der Waals surface area contributed by atoms with Gasteiger partial charge in [0.05, 0.1) is 12.1 Å². The molecule has 6 nitrogen and oxygen atoms in total. The summed E-state index contributed by atoms with van der Waals surface area (Å²) in [5.41, 5.74) is 0.731. The summed E-state index contributed by atoms with van der Waals surface area (Å²) in [5.74, 6) is -0.956. The molecule has 1 aromatic heterocycles. The third-order valence-corrected chi connectivity index (χ3v) is 5.61. The average molecular weight is 373 g/mol. The first-order valence-corrected chi connectivity index (χ1v) is 9.17. The number of hydrogen-bond donors (Lipinski definition) is 1. The molecule has 3 aromatic rings. The summed E-state index contributed by atoms with van der Waals surface area (Å²) in [6.07, 6.45) is 1.52. The van der Waals surface area contributed by atoms with Gasteiger partial charge in [0.2, 0.25) is 15.9 Å². The van der Waals surface area contributed by atoms with Gasteiger partial charge in [0.15, 0.2) is 0 Å². The summed E-state index contributed by atoms with van der Waals surface area (Å²) < 4.78 is 39.5. The molecule has 1 amide bonds. The van der Waals surface area contributed by atoms with Gasteiger partial charge in [0.25, 0.3) is 0 Å². The van der Waals surface area contributed by atoms with Gasteiger partial charge in [-0.05, 0) is 36.4 Å². The molecule has 0 radical (unpaired) electrons. The van der Waals surface area contributed by atoms with Gasteiger partial charge in [-0.25, -0.2) is 12.8 Å². The summed E-state index contributed by atoms with van der Waals surface area (Å²) in [5, 5.41) is 3.23. The van der Waals surface area contributed by atoms with Crippen LogP contribution in [0.5, 0.6) is 0 Å². The Bertz CT molecular complexity index is 1050. The van der Waals surface area contributed by atoms with Crippen molar-refractivity contribution in [2.24, 2.45) is 0 Å². The molecule has 0 fully saturated rings. The van der Waals surface area contributed by atoms with Crippen LogP contribution in [0.25, 0.3) is 10.9 Å². The quantitative estimate of drug-likeness (QED) is 0.746. The molecule has 8 heteroatoms. The first-order valence-electron chi connectivity index (χ1n) is 7.73. The Morgan fingerprint density at radius 1 is 1.12 bits per heavy atom. The van der Waals surface area contributed by atoms with E-state index in [2.05, 4.69) is 10.3 Å². The van der Waals surface area contributed by atoms with Crippen LogP contribution in [0.4, 0.5) is 10.1 Å². The molecular weight excluding hydrogens is 357 g/mol.